The van der Waals surface area contributed by atoms with Crippen molar-refractivity contribution in [1.29, 1.82) is 0 Å². The second-order valence-corrected chi connectivity index (χ2v) is 5.85. The lowest BCUT2D eigenvalue weighted by molar-refractivity contribution is -0.141. The molecule has 0 atom stereocenters. The van der Waals surface area contributed by atoms with E-state index in [0.717, 1.165) is 31.4 Å². The van der Waals surface area contributed by atoms with Gasteiger partial charge in [0.1, 0.15) is 5.69 Å². The Hall–Kier alpha value is -1.08. The van der Waals surface area contributed by atoms with Gasteiger partial charge in [0.05, 0.1) is 0 Å². The lowest BCUT2D eigenvalue weighted by atomic mass is 10.1. The van der Waals surface area contributed by atoms with Crippen LogP contribution in [0.3, 0.4) is 0 Å². The maximum Gasteiger partial charge on any atom is 0.433 e. The molecule has 22 heavy (non-hydrogen) atoms. The first-order valence-electron chi connectivity index (χ1n) is 7.41. The van der Waals surface area contributed by atoms with E-state index < -0.39 is 11.9 Å². The van der Waals surface area contributed by atoms with Gasteiger partial charge in [-0.2, -0.15) is 13.2 Å². The second kappa shape index (κ2) is 7.00. The maximum atomic E-state index is 12.7. The lowest BCUT2D eigenvalue weighted by Gasteiger charge is -2.32. The summed E-state index contributed by atoms with van der Waals surface area (Å²) in [6, 6.07) is 1.38. The molecule has 2 fully saturated rings. The molecule has 4 nitrogen and oxygen atoms in total. The Labute approximate surface area is 133 Å². The number of hydrogen-bond donors (Lipinski definition) is 1. The van der Waals surface area contributed by atoms with Crippen LogP contribution in [0, 0.1) is 5.92 Å². The summed E-state index contributed by atoms with van der Waals surface area (Å²) in [6.45, 7) is 2.47. The van der Waals surface area contributed by atoms with Crippen molar-refractivity contribution >= 4 is 18.4 Å². The third-order valence-electron chi connectivity index (χ3n) is 4.10. The monoisotopic (exact) mass is 336 g/mol. The van der Waals surface area contributed by atoms with E-state index in [2.05, 4.69) is 15.3 Å². The number of aromatic nitrogens is 2. The van der Waals surface area contributed by atoms with Crippen molar-refractivity contribution in [2.45, 2.75) is 37.9 Å². The summed E-state index contributed by atoms with van der Waals surface area (Å²) >= 11 is 0. The largest absolute Gasteiger partial charge is 0.433 e. The van der Waals surface area contributed by atoms with Gasteiger partial charge in [0.2, 0.25) is 5.95 Å². The van der Waals surface area contributed by atoms with Crippen LogP contribution in [0.5, 0.6) is 0 Å². The highest BCUT2D eigenvalue weighted by atomic mass is 35.5. The molecule has 1 aromatic rings. The van der Waals surface area contributed by atoms with E-state index >= 15 is 0 Å². The van der Waals surface area contributed by atoms with Crippen molar-refractivity contribution in [3.63, 3.8) is 0 Å². The quantitative estimate of drug-likeness (QED) is 0.918. The molecule has 1 saturated carbocycles. The van der Waals surface area contributed by atoms with Gasteiger partial charge in [-0.05, 0) is 44.2 Å². The minimum atomic E-state index is -4.41. The zero-order valence-electron chi connectivity index (χ0n) is 12.1. The molecule has 1 aliphatic heterocycles. The summed E-state index contributed by atoms with van der Waals surface area (Å²) in [4.78, 5) is 9.46. The molecule has 1 saturated heterocycles. The van der Waals surface area contributed by atoms with Crippen LogP contribution in [-0.4, -0.2) is 35.6 Å². The van der Waals surface area contributed by atoms with Gasteiger partial charge in [0, 0.05) is 25.3 Å². The Balaban J connectivity index is 0.00000176. The number of nitrogens with one attached hydrogen (secondary N) is 1. The molecular weight excluding hydrogens is 317 g/mol. The fraction of sp³-hybridized carbons (Fsp3) is 0.714. The van der Waals surface area contributed by atoms with E-state index in [9.17, 15) is 13.2 Å². The van der Waals surface area contributed by atoms with Crippen molar-refractivity contribution in [2.24, 2.45) is 5.92 Å². The Bertz CT molecular complexity index is 485. The SMILES string of the molecule is Cl.FC(F)(F)c1ccnc(N2CCC(NCC3CC3)CC2)n1. The zero-order chi connectivity index (χ0) is 14.9. The number of anilines is 1. The fourth-order valence-corrected chi connectivity index (χ4v) is 2.60. The molecule has 124 valence electrons. The first-order valence-corrected chi connectivity index (χ1v) is 7.41. The maximum absolute atomic E-state index is 12.7. The van der Waals surface area contributed by atoms with E-state index in [1.54, 1.807) is 0 Å². The van der Waals surface area contributed by atoms with Crippen molar-refractivity contribution in [1.82, 2.24) is 15.3 Å². The Kier molecular flexibility index (Phi) is 5.50. The third-order valence-corrected chi connectivity index (χ3v) is 4.10. The minimum Gasteiger partial charge on any atom is -0.341 e. The highest BCUT2D eigenvalue weighted by Gasteiger charge is 2.33. The predicted octanol–water partition coefficient (Wildman–Crippen LogP) is 2.89. The first-order chi connectivity index (χ1) is 10.0. The average Bonchev–Trinajstić information content (AvgIpc) is 3.29. The summed E-state index contributed by atoms with van der Waals surface area (Å²) in [6.07, 6.45) is 1.26. The van der Waals surface area contributed by atoms with Gasteiger partial charge < -0.3 is 10.2 Å². The standard InChI is InChI=1S/C14H19F3N4.ClH/c15-14(16,17)12-3-6-18-13(20-12)21-7-4-11(5-8-21)19-9-10-1-2-10;/h3,6,10-11,19H,1-2,4-5,7-9H2;1H. The lowest BCUT2D eigenvalue weighted by Crippen LogP contribution is -2.43. The zero-order valence-corrected chi connectivity index (χ0v) is 13.0. The van der Waals surface area contributed by atoms with Crippen LogP contribution < -0.4 is 10.2 Å². The Morgan fingerprint density at radius 2 is 1.86 bits per heavy atom. The smallest absolute Gasteiger partial charge is 0.341 e. The highest BCUT2D eigenvalue weighted by Crippen LogP contribution is 2.29. The minimum absolute atomic E-state index is 0. The van der Waals surface area contributed by atoms with Gasteiger partial charge in [-0.25, -0.2) is 9.97 Å². The molecule has 0 spiro atoms. The number of hydrogen-bond acceptors (Lipinski definition) is 4. The van der Waals surface area contributed by atoms with E-state index in [-0.39, 0.29) is 18.4 Å². The van der Waals surface area contributed by atoms with Gasteiger partial charge in [0.15, 0.2) is 0 Å². The summed E-state index contributed by atoms with van der Waals surface area (Å²) in [5, 5.41) is 3.54. The molecule has 1 aromatic heterocycles. The van der Waals surface area contributed by atoms with E-state index in [4.69, 9.17) is 0 Å². The van der Waals surface area contributed by atoms with E-state index in [1.807, 2.05) is 4.90 Å². The van der Waals surface area contributed by atoms with E-state index in [0.29, 0.717) is 19.1 Å². The van der Waals surface area contributed by atoms with Gasteiger partial charge in [-0.1, -0.05) is 0 Å². The summed E-state index contributed by atoms with van der Waals surface area (Å²) < 4.78 is 38.0. The molecule has 3 rings (SSSR count). The molecule has 8 heteroatoms. The van der Waals surface area contributed by atoms with Crippen molar-refractivity contribution in [3.05, 3.63) is 18.0 Å². The molecule has 1 aliphatic carbocycles. The fourth-order valence-electron chi connectivity index (χ4n) is 2.60. The van der Waals surface area contributed by atoms with Gasteiger partial charge >= 0.3 is 6.18 Å². The molecule has 2 heterocycles. The number of halogens is 4. The second-order valence-electron chi connectivity index (χ2n) is 5.85. The third kappa shape index (κ3) is 4.46. The molecule has 1 N–H and O–H groups in total. The number of rotatable bonds is 4. The first kappa shape index (κ1) is 17.3. The van der Waals surface area contributed by atoms with Crippen LogP contribution in [0.2, 0.25) is 0 Å². The van der Waals surface area contributed by atoms with Crippen LogP contribution in [0.15, 0.2) is 12.3 Å². The Morgan fingerprint density at radius 3 is 2.45 bits per heavy atom. The molecule has 0 bridgehead atoms. The summed E-state index contributed by atoms with van der Waals surface area (Å²) in [7, 11) is 0. The molecule has 0 unspecified atom stereocenters. The van der Waals surface area contributed by atoms with Crippen LogP contribution in [0.25, 0.3) is 0 Å². The number of nitrogens with zero attached hydrogens (tertiary/aromatic N) is 3. The van der Waals surface area contributed by atoms with Gasteiger partial charge in [-0.15, -0.1) is 12.4 Å². The van der Waals surface area contributed by atoms with Gasteiger partial charge in [-0.3, -0.25) is 0 Å². The number of piperidine rings is 1. The normalized spacial score (nSPS) is 19.9. The molecule has 2 aliphatic rings. The number of alkyl halides is 3. The van der Waals surface area contributed by atoms with Crippen molar-refractivity contribution in [3.8, 4) is 0 Å². The van der Waals surface area contributed by atoms with Crippen LogP contribution in [0.4, 0.5) is 19.1 Å². The predicted molar refractivity (Wildman–Crippen MR) is 80.2 cm³/mol. The van der Waals surface area contributed by atoms with Crippen LogP contribution in [-0.2, 0) is 6.18 Å². The highest BCUT2D eigenvalue weighted by molar-refractivity contribution is 5.85. The summed E-state index contributed by atoms with van der Waals surface area (Å²) in [5.74, 6) is 1.03. The molecular formula is C14H20ClF3N4. The molecule has 0 amide bonds. The van der Waals surface area contributed by atoms with Crippen molar-refractivity contribution < 1.29 is 13.2 Å². The van der Waals surface area contributed by atoms with Crippen LogP contribution >= 0.6 is 12.4 Å². The van der Waals surface area contributed by atoms with Crippen molar-refractivity contribution in [2.75, 3.05) is 24.5 Å². The van der Waals surface area contributed by atoms with E-state index in [1.165, 1.54) is 19.0 Å². The average molecular weight is 337 g/mol. The van der Waals surface area contributed by atoms with Gasteiger partial charge in [0.25, 0.3) is 0 Å². The Morgan fingerprint density at radius 1 is 1.18 bits per heavy atom. The van der Waals surface area contributed by atoms with Crippen LogP contribution in [0.1, 0.15) is 31.4 Å². The topological polar surface area (TPSA) is 41.1 Å². The molecule has 0 radical (unpaired) electrons. The summed E-state index contributed by atoms with van der Waals surface area (Å²) in [5.41, 5.74) is -0.874. The molecule has 0 aromatic carbocycles.